The van der Waals surface area contributed by atoms with E-state index in [4.69, 9.17) is 15.2 Å². The molecule has 4 heteroatoms. The van der Waals surface area contributed by atoms with Gasteiger partial charge >= 0.3 is 0 Å². The van der Waals surface area contributed by atoms with E-state index < -0.39 is 18.5 Å². The van der Waals surface area contributed by atoms with Crippen molar-refractivity contribution in [1.82, 2.24) is 0 Å². The van der Waals surface area contributed by atoms with Crippen LogP contribution in [0.25, 0.3) is 0 Å². The van der Waals surface area contributed by atoms with Crippen LogP contribution >= 0.6 is 0 Å². The predicted octanol–water partition coefficient (Wildman–Crippen LogP) is 0.0446. The first-order chi connectivity index (χ1) is 4.75. The Morgan fingerprint density at radius 3 is 2.90 bits per heavy atom. The minimum Gasteiger partial charge on any atom is -0.354 e. The zero-order valence-electron chi connectivity index (χ0n) is 5.92. The van der Waals surface area contributed by atoms with Crippen molar-refractivity contribution in [3.05, 3.63) is 0 Å². The van der Waals surface area contributed by atoms with Gasteiger partial charge in [-0.25, -0.2) is 4.39 Å². The van der Waals surface area contributed by atoms with Crippen LogP contribution in [-0.4, -0.2) is 32.2 Å². The zero-order valence-corrected chi connectivity index (χ0v) is 5.92. The van der Waals surface area contributed by atoms with Gasteiger partial charge in [0.1, 0.15) is 6.17 Å². The van der Waals surface area contributed by atoms with E-state index in [1.165, 1.54) is 7.11 Å². The van der Waals surface area contributed by atoms with E-state index in [0.29, 0.717) is 13.0 Å². The smallest absolute Gasteiger partial charge is 0.174 e. The van der Waals surface area contributed by atoms with Gasteiger partial charge in [0.2, 0.25) is 0 Å². The van der Waals surface area contributed by atoms with Crippen molar-refractivity contribution < 1.29 is 13.9 Å². The van der Waals surface area contributed by atoms with Crippen LogP contribution in [0.2, 0.25) is 0 Å². The largest absolute Gasteiger partial charge is 0.354 e. The van der Waals surface area contributed by atoms with Crippen LogP contribution in [-0.2, 0) is 9.47 Å². The summed E-state index contributed by atoms with van der Waals surface area (Å²) in [6, 6.07) is -0.626. The lowest BCUT2D eigenvalue weighted by Gasteiger charge is -2.30. The summed E-state index contributed by atoms with van der Waals surface area (Å²) in [7, 11) is 1.46. The first-order valence-corrected chi connectivity index (χ1v) is 3.29. The van der Waals surface area contributed by atoms with Crippen LogP contribution in [0.1, 0.15) is 6.42 Å². The third kappa shape index (κ3) is 1.45. The molecule has 0 aromatic carbocycles. The van der Waals surface area contributed by atoms with Crippen LogP contribution in [0, 0.1) is 0 Å². The molecule has 0 amide bonds. The third-order valence-corrected chi connectivity index (χ3v) is 1.64. The van der Waals surface area contributed by atoms with E-state index in [1.807, 2.05) is 0 Å². The first-order valence-electron chi connectivity index (χ1n) is 3.29. The molecule has 60 valence electrons. The molecule has 0 aromatic heterocycles. The average molecular weight is 149 g/mol. The van der Waals surface area contributed by atoms with Crippen LogP contribution in [0.5, 0.6) is 0 Å². The number of rotatable bonds is 1. The van der Waals surface area contributed by atoms with Gasteiger partial charge in [-0.05, 0) is 0 Å². The molecule has 0 unspecified atom stereocenters. The predicted molar refractivity (Wildman–Crippen MR) is 34.2 cm³/mol. The van der Waals surface area contributed by atoms with Crippen molar-refractivity contribution in [3.8, 4) is 0 Å². The van der Waals surface area contributed by atoms with E-state index in [-0.39, 0.29) is 0 Å². The summed E-state index contributed by atoms with van der Waals surface area (Å²) in [4.78, 5) is 0. The third-order valence-electron chi connectivity index (χ3n) is 1.64. The summed E-state index contributed by atoms with van der Waals surface area (Å²) >= 11 is 0. The molecule has 1 aliphatic heterocycles. The number of halogens is 1. The highest BCUT2D eigenvalue weighted by Gasteiger charge is 2.31. The van der Waals surface area contributed by atoms with Gasteiger partial charge in [0.15, 0.2) is 6.29 Å². The summed E-state index contributed by atoms with van der Waals surface area (Å²) in [6.07, 6.45) is -1.18. The summed E-state index contributed by atoms with van der Waals surface area (Å²) in [5.41, 5.74) is 5.41. The molecule has 10 heavy (non-hydrogen) atoms. The van der Waals surface area contributed by atoms with Crippen molar-refractivity contribution in [2.75, 3.05) is 13.7 Å². The fourth-order valence-corrected chi connectivity index (χ4v) is 0.996. The lowest BCUT2D eigenvalue weighted by molar-refractivity contribution is -0.172. The van der Waals surface area contributed by atoms with Crippen LogP contribution in [0.15, 0.2) is 0 Å². The SMILES string of the molecule is CO[C@H]1OCC[C@@H](F)[C@@H]1N. The molecule has 0 radical (unpaired) electrons. The van der Waals surface area contributed by atoms with Gasteiger partial charge in [0.05, 0.1) is 12.6 Å². The second kappa shape index (κ2) is 3.27. The Bertz CT molecular complexity index is 112. The van der Waals surface area contributed by atoms with Crippen molar-refractivity contribution in [2.24, 2.45) is 5.73 Å². The van der Waals surface area contributed by atoms with Crippen LogP contribution in [0.4, 0.5) is 4.39 Å². The summed E-state index contributed by atoms with van der Waals surface area (Å²) in [5, 5.41) is 0. The maximum atomic E-state index is 12.7. The monoisotopic (exact) mass is 149 g/mol. The standard InChI is InChI=1S/C6H12FNO2/c1-9-6-5(8)4(7)2-3-10-6/h4-6H,2-3,8H2,1H3/t4-,5+,6+/m1/s1. The Morgan fingerprint density at radius 1 is 1.70 bits per heavy atom. The molecule has 1 aliphatic rings. The summed E-state index contributed by atoms with van der Waals surface area (Å²) in [5.74, 6) is 0. The van der Waals surface area contributed by atoms with Gasteiger partial charge < -0.3 is 15.2 Å². The molecular weight excluding hydrogens is 137 g/mol. The average Bonchev–Trinajstić information content (AvgIpc) is 1.95. The second-order valence-corrected chi connectivity index (χ2v) is 2.36. The van der Waals surface area contributed by atoms with Gasteiger partial charge in [-0.1, -0.05) is 0 Å². The molecule has 1 saturated heterocycles. The van der Waals surface area contributed by atoms with Gasteiger partial charge in [0.25, 0.3) is 0 Å². The molecule has 1 heterocycles. The van der Waals surface area contributed by atoms with Crippen molar-refractivity contribution in [2.45, 2.75) is 24.9 Å². The maximum Gasteiger partial charge on any atom is 0.174 e. The normalized spacial score (nSPS) is 41.7. The number of hydrogen-bond donors (Lipinski definition) is 1. The van der Waals surface area contributed by atoms with E-state index in [9.17, 15) is 4.39 Å². The summed E-state index contributed by atoms with van der Waals surface area (Å²) in [6.45, 7) is 0.396. The van der Waals surface area contributed by atoms with Crippen LogP contribution < -0.4 is 5.73 Å². The molecular formula is C6H12FNO2. The number of hydrogen-bond acceptors (Lipinski definition) is 3. The fourth-order valence-electron chi connectivity index (χ4n) is 0.996. The van der Waals surface area contributed by atoms with Crippen molar-refractivity contribution in [1.29, 1.82) is 0 Å². The Hall–Kier alpha value is -0.190. The van der Waals surface area contributed by atoms with Crippen LogP contribution in [0.3, 0.4) is 0 Å². The van der Waals surface area contributed by atoms with Gasteiger partial charge in [-0.15, -0.1) is 0 Å². The second-order valence-electron chi connectivity index (χ2n) is 2.36. The molecule has 0 aromatic rings. The molecule has 0 bridgehead atoms. The molecule has 0 saturated carbocycles. The Labute approximate surface area is 59.3 Å². The number of methoxy groups -OCH3 is 1. The van der Waals surface area contributed by atoms with E-state index in [0.717, 1.165) is 0 Å². The first kappa shape index (κ1) is 7.91. The Balaban J connectivity index is 2.42. The number of alkyl halides is 1. The lowest BCUT2D eigenvalue weighted by atomic mass is 10.1. The summed E-state index contributed by atoms with van der Waals surface area (Å²) < 4.78 is 22.5. The Morgan fingerprint density at radius 2 is 2.40 bits per heavy atom. The van der Waals surface area contributed by atoms with Crippen molar-refractivity contribution in [3.63, 3.8) is 0 Å². The molecule has 0 spiro atoms. The number of nitrogens with two attached hydrogens (primary N) is 1. The van der Waals surface area contributed by atoms with Gasteiger partial charge in [-0.2, -0.15) is 0 Å². The highest BCUT2D eigenvalue weighted by molar-refractivity contribution is 4.79. The van der Waals surface area contributed by atoms with E-state index >= 15 is 0 Å². The minimum atomic E-state index is -0.987. The molecule has 3 nitrogen and oxygen atoms in total. The molecule has 0 aliphatic carbocycles. The maximum absolute atomic E-state index is 12.7. The van der Waals surface area contributed by atoms with Crippen molar-refractivity contribution >= 4 is 0 Å². The van der Waals surface area contributed by atoms with E-state index in [1.54, 1.807) is 0 Å². The number of ether oxygens (including phenoxy) is 2. The highest BCUT2D eigenvalue weighted by atomic mass is 19.1. The van der Waals surface area contributed by atoms with Gasteiger partial charge in [-0.3, -0.25) is 0 Å². The highest BCUT2D eigenvalue weighted by Crippen LogP contribution is 2.15. The van der Waals surface area contributed by atoms with E-state index in [2.05, 4.69) is 0 Å². The molecule has 1 fully saturated rings. The molecule has 2 N–H and O–H groups in total. The lowest BCUT2D eigenvalue weighted by Crippen LogP contribution is -2.49. The quantitative estimate of drug-likeness (QED) is 0.572. The topological polar surface area (TPSA) is 44.5 Å². The fraction of sp³-hybridized carbons (Fsp3) is 1.00. The minimum absolute atomic E-state index is 0.376. The molecule has 1 rings (SSSR count). The zero-order chi connectivity index (χ0) is 7.56. The molecule has 3 atom stereocenters. The Kier molecular flexibility index (Phi) is 2.59. The van der Waals surface area contributed by atoms with Gasteiger partial charge in [0, 0.05) is 13.5 Å².